The van der Waals surface area contributed by atoms with Gasteiger partial charge in [0.2, 0.25) is 0 Å². The molecule has 152 valence electrons. The van der Waals surface area contributed by atoms with Gasteiger partial charge in [0.1, 0.15) is 6.54 Å². The van der Waals surface area contributed by atoms with Gasteiger partial charge in [-0.15, -0.1) is 0 Å². The summed E-state index contributed by atoms with van der Waals surface area (Å²) >= 11 is 0. The van der Waals surface area contributed by atoms with Crippen LogP contribution in [-0.4, -0.2) is 49.7 Å². The van der Waals surface area contributed by atoms with E-state index in [1.165, 1.54) is 21.8 Å². The molecule has 2 rings (SSSR count). The maximum absolute atomic E-state index is 12.9. The summed E-state index contributed by atoms with van der Waals surface area (Å²) in [5.41, 5.74) is -0.239. The number of aromatic nitrogens is 3. The molecule has 0 aliphatic rings. The van der Waals surface area contributed by atoms with Gasteiger partial charge < -0.3 is 10.0 Å². The number of halogens is 3. The SMILES string of the molecule is CCCN(CC(=O)O)C(=O)c1cnn(-c2ccc(C(F)(F)F)cn2)c1C(C)C. The summed E-state index contributed by atoms with van der Waals surface area (Å²) in [6.45, 7) is 5.23. The molecule has 1 amide bonds. The third-order valence-corrected chi connectivity index (χ3v) is 3.98. The van der Waals surface area contributed by atoms with E-state index in [9.17, 15) is 22.8 Å². The first-order valence-corrected chi connectivity index (χ1v) is 8.68. The molecule has 2 heterocycles. The first-order chi connectivity index (χ1) is 13.1. The Labute approximate surface area is 159 Å². The van der Waals surface area contributed by atoms with E-state index in [4.69, 9.17) is 5.11 Å². The zero-order chi connectivity index (χ0) is 21.1. The minimum Gasteiger partial charge on any atom is -0.480 e. The summed E-state index contributed by atoms with van der Waals surface area (Å²) in [4.78, 5) is 29.0. The monoisotopic (exact) mass is 398 g/mol. The second-order valence-corrected chi connectivity index (χ2v) is 6.53. The van der Waals surface area contributed by atoms with Crippen molar-refractivity contribution in [1.82, 2.24) is 19.7 Å². The van der Waals surface area contributed by atoms with E-state index < -0.39 is 30.2 Å². The summed E-state index contributed by atoms with van der Waals surface area (Å²) in [5.74, 6) is -1.70. The number of alkyl halides is 3. The second kappa shape index (κ2) is 8.41. The number of aliphatic carboxylic acids is 1. The Hall–Kier alpha value is -2.91. The maximum Gasteiger partial charge on any atom is 0.417 e. The molecule has 1 N–H and O–H groups in total. The van der Waals surface area contributed by atoms with Crippen LogP contribution in [0.2, 0.25) is 0 Å². The Bertz CT molecular complexity index is 845. The fraction of sp³-hybridized carbons (Fsp3) is 0.444. The predicted molar refractivity (Wildman–Crippen MR) is 94.3 cm³/mol. The number of pyridine rings is 1. The molecule has 10 heteroatoms. The number of carboxylic acids is 1. The second-order valence-electron chi connectivity index (χ2n) is 6.53. The fourth-order valence-corrected chi connectivity index (χ4v) is 2.80. The van der Waals surface area contributed by atoms with Gasteiger partial charge in [0.15, 0.2) is 5.82 Å². The Morgan fingerprint density at radius 1 is 1.25 bits per heavy atom. The lowest BCUT2D eigenvalue weighted by molar-refractivity contribution is -0.138. The topological polar surface area (TPSA) is 88.3 Å². The van der Waals surface area contributed by atoms with Crippen LogP contribution >= 0.6 is 0 Å². The van der Waals surface area contributed by atoms with Crippen LogP contribution in [0.1, 0.15) is 54.7 Å². The molecule has 0 saturated carbocycles. The van der Waals surface area contributed by atoms with E-state index in [1.807, 2.05) is 6.92 Å². The van der Waals surface area contributed by atoms with Crippen LogP contribution in [-0.2, 0) is 11.0 Å². The van der Waals surface area contributed by atoms with Gasteiger partial charge in [-0.3, -0.25) is 9.59 Å². The average molecular weight is 398 g/mol. The first kappa shape index (κ1) is 21.4. The van der Waals surface area contributed by atoms with Crippen molar-refractivity contribution in [3.05, 3.63) is 41.3 Å². The molecule has 2 aromatic heterocycles. The molecule has 0 aliphatic carbocycles. The predicted octanol–water partition coefficient (Wildman–Crippen LogP) is 3.35. The summed E-state index contributed by atoms with van der Waals surface area (Å²) in [5, 5.41) is 13.2. The normalized spacial score (nSPS) is 11.7. The van der Waals surface area contributed by atoms with Gasteiger partial charge >= 0.3 is 12.1 Å². The molecule has 0 aromatic carbocycles. The van der Waals surface area contributed by atoms with Gasteiger partial charge in [0.25, 0.3) is 5.91 Å². The highest BCUT2D eigenvalue weighted by molar-refractivity contribution is 5.97. The van der Waals surface area contributed by atoms with Crippen molar-refractivity contribution in [1.29, 1.82) is 0 Å². The number of carbonyl (C=O) groups excluding carboxylic acids is 1. The van der Waals surface area contributed by atoms with Crippen LogP contribution in [0, 0.1) is 0 Å². The van der Waals surface area contributed by atoms with Crippen molar-refractivity contribution >= 4 is 11.9 Å². The minimum absolute atomic E-state index is 0.135. The van der Waals surface area contributed by atoms with Crippen molar-refractivity contribution in [3.8, 4) is 5.82 Å². The molecule has 28 heavy (non-hydrogen) atoms. The molecule has 0 aliphatic heterocycles. The molecule has 7 nitrogen and oxygen atoms in total. The number of amides is 1. The molecule has 2 aromatic rings. The summed E-state index contributed by atoms with van der Waals surface area (Å²) in [6.07, 6.45) is -1.93. The molecule has 0 radical (unpaired) electrons. The van der Waals surface area contributed by atoms with Gasteiger partial charge in [-0.2, -0.15) is 18.3 Å². The number of rotatable bonds is 7. The molecule has 0 atom stereocenters. The van der Waals surface area contributed by atoms with Gasteiger partial charge in [-0.05, 0) is 24.5 Å². The van der Waals surface area contributed by atoms with Gasteiger partial charge in [0, 0.05) is 12.7 Å². The van der Waals surface area contributed by atoms with Crippen LogP contribution in [0.4, 0.5) is 13.2 Å². The standard InChI is InChI=1S/C18H21F3N4O3/c1-4-7-24(10-15(26)27)17(28)13-9-23-25(16(13)11(2)3)14-6-5-12(8-22-14)18(19,20)21/h5-6,8-9,11H,4,7,10H2,1-3H3,(H,26,27). The minimum atomic E-state index is -4.50. The molecular formula is C18H21F3N4O3. The summed E-state index contributed by atoms with van der Waals surface area (Å²) < 4.78 is 39.5. The van der Waals surface area contributed by atoms with E-state index in [0.717, 1.165) is 6.07 Å². The molecule has 0 fully saturated rings. The van der Waals surface area contributed by atoms with Crippen LogP contribution in [0.25, 0.3) is 5.82 Å². The number of hydrogen-bond acceptors (Lipinski definition) is 4. The molecule has 0 bridgehead atoms. The van der Waals surface area contributed by atoms with Crippen molar-refractivity contribution in [2.45, 2.75) is 39.3 Å². The average Bonchev–Trinajstić information content (AvgIpc) is 3.05. The van der Waals surface area contributed by atoms with E-state index in [0.29, 0.717) is 18.3 Å². The number of carbonyl (C=O) groups is 2. The van der Waals surface area contributed by atoms with Crippen molar-refractivity contribution in [2.24, 2.45) is 0 Å². The third-order valence-electron chi connectivity index (χ3n) is 3.98. The van der Waals surface area contributed by atoms with Crippen molar-refractivity contribution < 1.29 is 27.9 Å². The summed E-state index contributed by atoms with van der Waals surface area (Å²) in [7, 11) is 0. The van der Waals surface area contributed by atoms with Crippen LogP contribution < -0.4 is 0 Å². The summed E-state index contributed by atoms with van der Waals surface area (Å²) in [6, 6.07) is 2.07. The van der Waals surface area contributed by atoms with Gasteiger partial charge in [-0.1, -0.05) is 20.8 Å². The lowest BCUT2D eigenvalue weighted by atomic mass is 10.0. The van der Waals surface area contributed by atoms with Crippen LogP contribution in [0.15, 0.2) is 24.5 Å². The highest BCUT2D eigenvalue weighted by atomic mass is 19.4. The Balaban J connectivity index is 2.45. The molecule has 0 unspecified atom stereocenters. The Morgan fingerprint density at radius 2 is 1.93 bits per heavy atom. The molecule has 0 spiro atoms. The van der Waals surface area contributed by atoms with Gasteiger partial charge in [0.05, 0.1) is 23.0 Å². The number of nitrogens with zero attached hydrogens (tertiary/aromatic N) is 4. The van der Waals surface area contributed by atoms with E-state index >= 15 is 0 Å². The van der Waals surface area contributed by atoms with E-state index in [-0.39, 0.29) is 23.8 Å². The highest BCUT2D eigenvalue weighted by Crippen LogP contribution is 2.29. The smallest absolute Gasteiger partial charge is 0.417 e. The lowest BCUT2D eigenvalue weighted by Crippen LogP contribution is -2.36. The molecular weight excluding hydrogens is 377 g/mol. The zero-order valence-electron chi connectivity index (χ0n) is 15.7. The number of carboxylic acid groups (broad SMARTS) is 1. The number of hydrogen-bond donors (Lipinski definition) is 1. The van der Waals surface area contributed by atoms with Gasteiger partial charge in [-0.25, -0.2) is 9.67 Å². The van der Waals surface area contributed by atoms with Crippen molar-refractivity contribution in [2.75, 3.05) is 13.1 Å². The fourth-order valence-electron chi connectivity index (χ4n) is 2.80. The molecule has 0 saturated heterocycles. The first-order valence-electron chi connectivity index (χ1n) is 8.68. The lowest BCUT2D eigenvalue weighted by Gasteiger charge is -2.21. The Morgan fingerprint density at radius 3 is 2.39 bits per heavy atom. The van der Waals surface area contributed by atoms with E-state index in [1.54, 1.807) is 13.8 Å². The quantitative estimate of drug-likeness (QED) is 0.773. The largest absolute Gasteiger partial charge is 0.480 e. The van der Waals surface area contributed by atoms with Crippen LogP contribution in [0.5, 0.6) is 0 Å². The third kappa shape index (κ3) is 4.68. The highest BCUT2D eigenvalue weighted by Gasteiger charge is 2.31. The maximum atomic E-state index is 12.9. The van der Waals surface area contributed by atoms with Crippen LogP contribution in [0.3, 0.4) is 0 Å². The van der Waals surface area contributed by atoms with Crippen molar-refractivity contribution in [3.63, 3.8) is 0 Å². The van der Waals surface area contributed by atoms with E-state index in [2.05, 4.69) is 10.1 Å². The Kier molecular flexibility index (Phi) is 6.42. The zero-order valence-corrected chi connectivity index (χ0v) is 15.7.